The van der Waals surface area contributed by atoms with Crippen LogP contribution in [-0.2, 0) is 0 Å². The van der Waals surface area contributed by atoms with Crippen molar-refractivity contribution in [3.8, 4) is 0 Å². The minimum absolute atomic E-state index is 0.105. The Bertz CT molecular complexity index is 469. The van der Waals surface area contributed by atoms with Gasteiger partial charge in [-0.25, -0.2) is 8.78 Å². The van der Waals surface area contributed by atoms with Crippen LogP contribution in [-0.4, -0.2) is 17.6 Å². The SMILES string of the molecule is CC(C)(CCNc1c(F)cc(F)cc1Br)C(N)=NO. The Morgan fingerprint density at radius 3 is 2.63 bits per heavy atom. The fourth-order valence-corrected chi connectivity index (χ4v) is 2.02. The molecule has 19 heavy (non-hydrogen) atoms. The van der Waals surface area contributed by atoms with Gasteiger partial charge in [0.2, 0.25) is 0 Å². The van der Waals surface area contributed by atoms with Gasteiger partial charge in [0.05, 0.1) is 5.69 Å². The monoisotopic (exact) mass is 335 g/mol. The molecule has 4 nitrogen and oxygen atoms in total. The lowest BCUT2D eigenvalue weighted by Crippen LogP contribution is -2.33. The van der Waals surface area contributed by atoms with Crippen LogP contribution in [0.4, 0.5) is 14.5 Å². The molecular weight excluding hydrogens is 320 g/mol. The van der Waals surface area contributed by atoms with Crippen LogP contribution < -0.4 is 11.1 Å². The molecule has 1 aromatic carbocycles. The minimum atomic E-state index is -0.673. The van der Waals surface area contributed by atoms with Gasteiger partial charge in [0.1, 0.15) is 17.5 Å². The second kappa shape index (κ2) is 6.18. The van der Waals surface area contributed by atoms with E-state index in [4.69, 9.17) is 10.9 Å². The highest BCUT2D eigenvalue weighted by Gasteiger charge is 2.23. The number of benzene rings is 1. The van der Waals surface area contributed by atoms with E-state index in [9.17, 15) is 8.78 Å². The standard InChI is InChI=1S/C12H16BrF2N3O/c1-12(2,11(16)18-19)3-4-17-10-8(13)5-7(14)6-9(10)15/h5-6,17,19H,3-4H2,1-2H3,(H2,16,18). The molecule has 0 fully saturated rings. The second-order valence-corrected chi connectivity index (χ2v) is 5.64. The van der Waals surface area contributed by atoms with Crippen LogP contribution in [0.15, 0.2) is 21.8 Å². The number of nitrogens with two attached hydrogens (primary N) is 1. The number of rotatable bonds is 5. The third kappa shape index (κ3) is 4.05. The molecule has 1 aromatic rings. The summed E-state index contributed by atoms with van der Waals surface area (Å²) in [5.41, 5.74) is 5.22. The summed E-state index contributed by atoms with van der Waals surface area (Å²) in [4.78, 5) is 0. The van der Waals surface area contributed by atoms with Crippen LogP contribution >= 0.6 is 15.9 Å². The van der Waals surface area contributed by atoms with E-state index in [1.54, 1.807) is 13.8 Å². The quantitative estimate of drug-likeness (QED) is 0.334. The van der Waals surface area contributed by atoms with Gasteiger partial charge in [-0.15, -0.1) is 0 Å². The molecule has 0 amide bonds. The van der Waals surface area contributed by atoms with Crippen LogP contribution in [0, 0.1) is 17.0 Å². The first-order valence-electron chi connectivity index (χ1n) is 5.64. The number of oxime groups is 1. The summed E-state index contributed by atoms with van der Waals surface area (Å²) in [5.74, 6) is -1.21. The molecule has 0 heterocycles. The van der Waals surface area contributed by atoms with E-state index in [0.29, 0.717) is 17.4 Å². The molecule has 0 atom stereocenters. The van der Waals surface area contributed by atoms with Gasteiger partial charge < -0.3 is 16.3 Å². The predicted octanol–water partition coefficient (Wildman–Crippen LogP) is 3.30. The summed E-state index contributed by atoms with van der Waals surface area (Å²) in [6.07, 6.45) is 0.520. The number of hydrogen-bond acceptors (Lipinski definition) is 3. The van der Waals surface area contributed by atoms with E-state index in [0.717, 1.165) is 6.07 Å². The molecule has 0 radical (unpaired) electrons. The maximum Gasteiger partial charge on any atom is 0.150 e. The maximum absolute atomic E-state index is 13.5. The van der Waals surface area contributed by atoms with Crippen molar-refractivity contribution in [1.29, 1.82) is 0 Å². The zero-order chi connectivity index (χ0) is 14.6. The van der Waals surface area contributed by atoms with E-state index in [2.05, 4.69) is 26.4 Å². The van der Waals surface area contributed by atoms with Crippen molar-refractivity contribution in [2.24, 2.45) is 16.3 Å². The Kier molecular flexibility index (Phi) is 5.11. The number of halogens is 3. The lowest BCUT2D eigenvalue weighted by atomic mass is 9.88. The molecule has 0 saturated carbocycles. The highest BCUT2D eigenvalue weighted by Crippen LogP contribution is 2.28. The van der Waals surface area contributed by atoms with E-state index in [-0.39, 0.29) is 11.5 Å². The molecule has 0 aromatic heterocycles. The number of hydrogen-bond donors (Lipinski definition) is 3. The molecule has 0 saturated heterocycles. The summed E-state index contributed by atoms with van der Waals surface area (Å²) < 4.78 is 26.8. The average molecular weight is 336 g/mol. The Morgan fingerprint density at radius 1 is 1.47 bits per heavy atom. The number of nitrogens with one attached hydrogen (secondary N) is 1. The van der Waals surface area contributed by atoms with Crippen molar-refractivity contribution >= 4 is 27.5 Å². The van der Waals surface area contributed by atoms with Crippen molar-refractivity contribution < 1.29 is 14.0 Å². The Morgan fingerprint density at radius 2 is 2.11 bits per heavy atom. The number of amidine groups is 1. The molecule has 0 bridgehead atoms. The smallest absolute Gasteiger partial charge is 0.150 e. The molecular formula is C12H16BrF2N3O. The molecule has 0 aliphatic heterocycles. The lowest BCUT2D eigenvalue weighted by molar-refractivity contribution is 0.306. The number of anilines is 1. The third-order valence-corrected chi connectivity index (χ3v) is 3.49. The summed E-state index contributed by atoms with van der Waals surface area (Å²) >= 11 is 3.09. The van der Waals surface area contributed by atoms with Gasteiger partial charge in [0.25, 0.3) is 0 Å². The third-order valence-electron chi connectivity index (χ3n) is 2.86. The van der Waals surface area contributed by atoms with E-state index in [1.807, 2.05) is 0 Å². The van der Waals surface area contributed by atoms with E-state index in [1.165, 1.54) is 6.07 Å². The maximum atomic E-state index is 13.5. The molecule has 106 valence electrons. The first-order valence-corrected chi connectivity index (χ1v) is 6.43. The molecule has 1 rings (SSSR count). The van der Waals surface area contributed by atoms with Gasteiger partial charge in [-0.3, -0.25) is 0 Å². The molecule has 0 aliphatic carbocycles. The van der Waals surface area contributed by atoms with Crippen molar-refractivity contribution in [1.82, 2.24) is 0 Å². The molecule has 0 unspecified atom stereocenters. The lowest BCUT2D eigenvalue weighted by Gasteiger charge is -2.23. The van der Waals surface area contributed by atoms with Gasteiger partial charge in [-0.05, 0) is 28.4 Å². The topological polar surface area (TPSA) is 70.6 Å². The molecule has 7 heteroatoms. The first-order chi connectivity index (χ1) is 8.77. The normalized spacial score (nSPS) is 12.6. The second-order valence-electron chi connectivity index (χ2n) is 4.79. The predicted molar refractivity (Wildman–Crippen MR) is 74.4 cm³/mol. The Hall–Kier alpha value is -1.37. The van der Waals surface area contributed by atoms with Crippen LogP contribution in [0.2, 0.25) is 0 Å². The van der Waals surface area contributed by atoms with E-state index >= 15 is 0 Å². The van der Waals surface area contributed by atoms with Crippen molar-refractivity contribution in [2.45, 2.75) is 20.3 Å². The van der Waals surface area contributed by atoms with Crippen LogP contribution in [0.5, 0.6) is 0 Å². The summed E-state index contributed by atoms with van der Waals surface area (Å²) in [5, 5.41) is 14.5. The molecule has 4 N–H and O–H groups in total. The zero-order valence-electron chi connectivity index (χ0n) is 10.7. The van der Waals surface area contributed by atoms with Crippen molar-refractivity contribution in [2.75, 3.05) is 11.9 Å². The molecule has 0 spiro atoms. The van der Waals surface area contributed by atoms with Gasteiger partial charge in [-0.1, -0.05) is 19.0 Å². The van der Waals surface area contributed by atoms with Crippen molar-refractivity contribution in [3.05, 3.63) is 28.2 Å². The fourth-order valence-electron chi connectivity index (χ4n) is 1.47. The summed E-state index contributed by atoms with van der Waals surface area (Å²) in [6, 6.07) is 1.99. The zero-order valence-corrected chi connectivity index (χ0v) is 12.3. The van der Waals surface area contributed by atoms with Gasteiger partial charge in [0.15, 0.2) is 0 Å². The highest BCUT2D eigenvalue weighted by atomic mass is 79.9. The van der Waals surface area contributed by atoms with Gasteiger partial charge in [-0.2, -0.15) is 0 Å². The summed E-state index contributed by atoms with van der Waals surface area (Å²) in [6.45, 7) is 4.00. The summed E-state index contributed by atoms with van der Waals surface area (Å²) in [7, 11) is 0. The van der Waals surface area contributed by atoms with Gasteiger partial charge >= 0.3 is 0 Å². The Balaban J connectivity index is 2.69. The van der Waals surface area contributed by atoms with E-state index < -0.39 is 17.0 Å². The van der Waals surface area contributed by atoms with Crippen LogP contribution in [0.3, 0.4) is 0 Å². The molecule has 0 aliphatic rings. The highest BCUT2D eigenvalue weighted by molar-refractivity contribution is 9.10. The first kappa shape index (κ1) is 15.7. The fraction of sp³-hybridized carbons (Fsp3) is 0.417. The van der Waals surface area contributed by atoms with Gasteiger partial charge in [0, 0.05) is 22.5 Å². The van der Waals surface area contributed by atoms with Crippen molar-refractivity contribution in [3.63, 3.8) is 0 Å². The van der Waals surface area contributed by atoms with Crippen LogP contribution in [0.25, 0.3) is 0 Å². The number of nitrogens with zero attached hydrogens (tertiary/aromatic N) is 1. The Labute approximate surface area is 118 Å². The largest absolute Gasteiger partial charge is 0.409 e. The van der Waals surface area contributed by atoms with Crippen LogP contribution in [0.1, 0.15) is 20.3 Å². The minimum Gasteiger partial charge on any atom is -0.409 e. The average Bonchev–Trinajstić information content (AvgIpc) is 2.31.